The summed E-state index contributed by atoms with van der Waals surface area (Å²) in [6.07, 6.45) is 0. The molecule has 0 spiro atoms. The van der Waals surface area contributed by atoms with Crippen LogP contribution in [0.3, 0.4) is 0 Å². The molecule has 1 aromatic carbocycles. The van der Waals surface area contributed by atoms with Crippen molar-refractivity contribution in [1.82, 2.24) is 15.1 Å². The Bertz CT molecular complexity index is 566. The Morgan fingerprint density at radius 2 is 2.11 bits per heavy atom. The second-order valence-electron chi connectivity index (χ2n) is 4.40. The van der Waals surface area contributed by atoms with Gasteiger partial charge < -0.3 is 10.1 Å². The number of ether oxygens (including phenoxy) is 1. The van der Waals surface area contributed by atoms with Crippen molar-refractivity contribution in [2.24, 2.45) is 7.05 Å². The zero-order chi connectivity index (χ0) is 13.8. The Hall–Kier alpha value is -1.33. The molecule has 2 rings (SSSR count). The molecular weight excluding hydrogens is 306 g/mol. The number of nitrogens with one attached hydrogen (secondary N) is 1. The van der Waals surface area contributed by atoms with Crippen LogP contribution >= 0.6 is 15.9 Å². The van der Waals surface area contributed by atoms with Gasteiger partial charge in [-0.15, -0.1) is 0 Å². The smallest absolute Gasteiger partial charge is 0.131 e. The number of hydrogen-bond donors (Lipinski definition) is 1. The average molecular weight is 324 g/mol. The van der Waals surface area contributed by atoms with E-state index in [1.54, 1.807) is 0 Å². The summed E-state index contributed by atoms with van der Waals surface area (Å²) in [4.78, 5) is 0. The fourth-order valence-corrected chi connectivity index (χ4v) is 2.41. The fraction of sp³-hybridized carbons (Fsp3) is 0.357. The van der Waals surface area contributed by atoms with E-state index in [2.05, 4.69) is 32.4 Å². The Morgan fingerprint density at radius 3 is 2.74 bits per heavy atom. The highest BCUT2D eigenvalue weighted by atomic mass is 79.9. The van der Waals surface area contributed by atoms with Crippen molar-refractivity contribution in [2.75, 3.05) is 7.05 Å². The highest BCUT2D eigenvalue weighted by molar-refractivity contribution is 9.10. The van der Waals surface area contributed by atoms with Crippen LogP contribution in [-0.2, 0) is 20.2 Å². The molecule has 5 heteroatoms. The van der Waals surface area contributed by atoms with E-state index in [1.165, 1.54) is 0 Å². The van der Waals surface area contributed by atoms with Crippen LogP contribution < -0.4 is 10.1 Å². The predicted molar refractivity (Wildman–Crippen MR) is 79.2 cm³/mol. The van der Waals surface area contributed by atoms with Gasteiger partial charge in [-0.25, -0.2) is 0 Å². The number of aryl methyl sites for hydroxylation is 2. The van der Waals surface area contributed by atoms with E-state index < -0.39 is 0 Å². The Kier molecular flexibility index (Phi) is 4.61. The number of aromatic nitrogens is 2. The SMILES string of the molecule is CNCc1ccccc1OCc1c(Br)c(C)nn1C. The van der Waals surface area contributed by atoms with E-state index in [0.29, 0.717) is 6.61 Å². The predicted octanol–water partition coefficient (Wildman–Crippen LogP) is 2.79. The molecule has 1 N–H and O–H groups in total. The molecule has 0 aliphatic heterocycles. The lowest BCUT2D eigenvalue weighted by molar-refractivity contribution is 0.290. The largest absolute Gasteiger partial charge is 0.487 e. The van der Waals surface area contributed by atoms with Gasteiger partial charge in [-0.3, -0.25) is 4.68 Å². The van der Waals surface area contributed by atoms with E-state index in [-0.39, 0.29) is 0 Å². The monoisotopic (exact) mass is 323 g/mol. The summed E-state index contributed by atoms with van der Waals surface area (Å²) >= 11 is 3.55. The van der Waals surface area contributed by atoms with Crippen molar-refractivity contribution in [3.63, 3.8) is 0 Å². The van der Waals surface area contributed by atoms with Gasteiger partial charge in [-0.1, -0.05) is 18.2 Å². The third kappa shape index (κ3) is 3.16. The molecule has 102 valence electrons. The number of nitrogens with zero attached hydrogens (tertiary/aromatic N) is 2. The molecule has 4 nitrogen and oxygen atoms in total. The average Bonchev–Trinajstić information content (AvgIpc) is 2.63. The van der Waals surface area contributed by atoms with Crippen LogP contribution in [0.15, 0.2) is 28.7 Å². The quantitative estimate of drug-likeness (QED) is 0.919. The number of halogens is 1. The summed E-state index contributed by atoms with van der Waals surface area (Å²) in [6, 6.07) is 8.06. The van der Waals surface area contributed by atoms with Crippen molar-refractivity contribution in [3.8, 4) is 5.75 Å². The van der Waals surface area contributed by atoms with Crippen LogP contribution in [0.4, 0.5) is 0 Å². The highest BCUT2D eigenvalue weighted by Crippen LogP contribution is 2.23. The van der Waals surface area contributed by atoms with Gasteiger partial charge >= 0.3 is 0 Å². The zero-order valence-corrected chi connectivity index (χ0v) is 13.0. The molecule has 0 aliphatic carbocycles. The van der Waals surface area contributed by atoms with Crippen LogP contribution in [-0.4, -0.2) is 16.8 Å². The molecule has 0 atom stereocenters. The summed E-state index contributed by atoms with van der Waals surface area (Å²) in [5, 5.41) is 7.50. The van der Waals surface area contributed by atoms with Crippen molar-refractivity contribution < 1.29 is 4.74 Å². The normalized spacial score (nSPS) is 10.7. The lowest BCUT2D eigenvalue weighted by Crippen LogP contribution is -2.09. The van der Waals surface area contributed by atoms with Gasteiger partial charge in [0.05, 0.1) is 15.9 Å². The van der Waals surface area contributed by atoms with Crippen LogP contribution in [0, 0.1) is 6.92 Å². The van der Waals surface area contributed by atoms with Crippen LogP contribution in [0.1, 0.15) is 17.0 Å². The summed E-state index contributed by atoms with van der Waals surface area (Å²) < 4.78 is 8.78. The third-order valence-electron chi connectivity index (χ3n) is 2.97. The second-order valence-corrected chi connectivity index (χ2v) is 5.19. The zero-order valence-electron chi connectivity index (χ0n) is 11.4. The van der Waals surface area contributed by atoms with Crippen molar-refractivity contribution in [1.29, 1.82) is 0 Å². The van der Waals surface area contributed by atoms with Crippen molar-refractivity contribution in [3.05, 3.63) is 45.7 Å². The van der Waals surface area contributed by atoms with E-state index in [9.17, 15) is 0 Å². The maximum Gasteiger partial charge on any atom is 0.131 e. The molecule has 0 unspecified atom stereocenters. The first kappa shape index (κ1) is 14.1. The molecule has 0 saturated carbocycles. The van der Waals surface area contributed by atoms with Crippen molar-refractivity contribution >= 4 is 15.9 Å². The molecule has 2 aromatic rings. The summed E-state index contributed by atoms with van der Waals surface area (Å²) in [5.41, 5.74) is 3.17. The Morgan fingerprint density at radius 1 is 1.37 bits per heavy atom. The molecule has 0 bridgehead atoms. The first-order chi connectivity index (χ1) is 9.13. The first-order valence-corrected chi connectivity index (χ1v) is 6.96. The molecular formula is C14H18BrN3O. The topological polar surface area (TPSA) is 39.1 Å². The standard InChI is InChI=1S/C14H18BrN3O/c1-10-14(15)12(18(3)17-10)9-19-13-7-5-4-6-11(13)8-16-2/h4-7,16H,8-9H2,1-3H3. The van der Waals surface area contributed by atoms with E-state index in [1.807, 2.05) is 43.9 Å². The summed E-state index contributed by atoms with van der Waals surface area (Å²) in [5.74, 6) is 0.905. The number of rotatable bonds is 5. The first-order valence-electron chi connectivity index (χ1n) is 6.16. The lowest BCUT2D eigenvalue weighted by Gasteiger charge is -2.11. The van der Waals surface area contributed by atoms with Crippen LogP contribution in [0.2, 0.25) is 0 Å². The molecule has 0 fully saturated rings. The van der Waals surface area contributed by atoms with Crippen LogP contribution in [0.25, 0.3) is 0 Å². The Labute approximate surface area is 121 Å². The minimum atomic E-state index is 0.499. The molecule has 0 amide bonds. The summed E-state index contributed by atoms with van der Waals surface area (Å²) in [6.45, 7) is 3.27. The third-order valence-corrected chi connectivity index (χ3v) is 4.00. The van der Waals surface area contributed by atoms with Gasteiger partial charge in [-0.2, -0.15) is 5.10 Å². The molecule has 1 aromatic heterocycles. The second kappa shape index (κ2) is 6.21. The maximum atomic E-state index is 5.92. The van der Waals surface area contributed by atoms with Gasteiger partial charge in [0.2, 0.25) is 0 Å². The molecule has 0 aliphatic rings. The lowest BCUT2D eigenvalue weighted by atomic mass is 10.2. The minimum Gasteiger partial charge on any atom is -0.487 e. The van der Waals surface area contributed by atoms with Crippen molar-refractivity contribution in [2.45, 2.75) is 20.1 Å². The molecule has 0 radical (unpaired) electrons. The van der Waals surface area contributed by atoms with Crippen LogP contribution in [0.5, 0.6) is 5.75 Å². The number of hydrogen-bond acceptors (Lipinski definition) is 3. The molecule has 1 heterocycles. The van der Waals surface area contributed by atoms with E-state index >= 15 is 0 Å². The number of para-hydroxylation sites is 1. The Balaban J connectivity index is 2.14. The molecule has 19 heavy (non-hydrogen) atoms. The highest BCUT2D eigenvalue weighted by Gasteiger charge is 2.11. The molecule has 0 saturated heterocycles. The van der Waals surface area contributed by atoms with Gasteiger partial charge in [-0.05, 0) is 36.0 Å². The summed E-state index contributed by atoms with van der Waals surface area (Å²) in [7, 11) is 3.85. The van der Waals surface area contributed by atoms with Gasteiger partial charge in [0, 0.05) is 19.2 Å². The van der Waals surface area contributed by atoms with Gasteiger partial charge in [0.15, 0.2) is 0 Å². The maximum absolute atomic E-state index is 5.92. The minimum absolute atomic E-state index is 0.499. The van der Waals surface area contributed by atoms with E-state index in [4.69, 9.17) is 4.74 Å². The fourth-order valence-electron chi connectivity index (χ4n) is 1.96. The van der Waals surface area contributed by atoms with E-state index in [0.717, 1.165) is 33.7 Å². The van der Waals surface area contributed by atoms with Gasteiger partial charge in [0.25, 0.3) is 0 Å². The number of benzene rings is 1. The van der Waals surface area contributed by atoms with Gasteiger partial charge in [0.1, 0.15) is 12.4 Å².